The predicted octanol–water partition coefficient (Wildman–Crippen LogP) is 6.36. The van der Waals surface area contributed by atoms with Crippen LogP contribution in [0, 0.1) is 0 Å². The van der Waals surface area contributed by atoms with Crippen molar-refractivity contribution in [3.63, 3.8) is 0 Å². The van der Waals surface area contributed by atoms with E-state index in [1.165, 1.54) is 23.1 Å². The molecule has 0 bridgehead atoms. The first-order valence-corrected chi connectivity index (χ1v) is 15.8. The molecule has 5 rings (SSSR count). The largest absolute Gasteiger partial charge is 0.493 e. The van der Waals surface area contributed by atoms with Crippen LogP contribution in [-0.2, 0) is 9.59 Å². The minimum atomic E-state index is -0.512. The Morgan fingerprint density at radius 3 is 2.48 bits per heavy atom. The van der Waals surface area contributed by atoms with Gasteiger partial charge in [0.05, 0.1) is 25.7 Å². The van der Waals surface area contributed by atoms with Crippen LogP contribution in [0.15, 0.2) is 113 Å². The lowest BCUT2D eigenvalue weighted by Gasteiger charge is -2.12. The predicted molar refractivity (Wildman–Crippen MR) is 181 cm³/mol. The monoisotopic (exact) mass is 651 g/mol. The summed E-state index contributed by atoms with van der Waals surface area (Å²) in [5.74, 6) is 0.178. The van der Waals surface area contributed by atoms with Gasteiger partial charge >= 0.3 is 0 Å². The van der Waals surface area contributed by atoms with E-state index in [9.17, 15) is 14.4 Å². The van der Waals surface area contributed by atoms with Crippen molar-refractivity contribution in [3.8, 4) is 22.8 Å². The van der Waals surface area contributed by atoms with Gasteiger partial charge in [-0.25, -0.2) is 4.98 Å². The van der Waals surface area contributed by atoms with Crippen molar-refractivity contribution in [2.45, 2.75) is 4.90 Å². The molecule has 0 atom stereocenters. The molecule has 2 heterocycles. The van der Waals surface area contributed by atoms with Gasteiger partial charge in [-0.3, -0.25) is 19.4 Å². The van der Waals surface area contributed by atoms with E-state index in [2.05, 4.69) is 25.9 Å². The number of methoxy groups -OCH3 is 2. The van der Waals surface area contributed by atoms with Crippen LogP contribution in [0.5, 0.6) is 11.5 Å². The number of hydrogen-bond acceptors (Lipinski definition) is 9. The van der Waals surface area contributed by atoms with Gasteiger partial charge in [0.2, 0.25) is 5.91 Å². The summed E-state index contributed by atoms with van der Waals surface area (Å²) in [6, 6.07) is 24.8. The number of ether oxygens (including phenoxy) is 2. The van der Waals surface area contributed by atoms with Gasteiger partial charge in [-0.1, -0.05) is 30.3 Å². The van der Waals surface area contributed by atoms with Crippen LogP contribution in [0.3, 0.4) is 0 Å². The van der Waals surface area contributed by atoms with Crippen molar-refractivity contribution in [1.82, 2.24) is 15.3 Å². The number of pyridine rings is 1. The molecule has 232 valence electrons. The smallest absolute Gasteiger partial charge is 0.272 e. The molecule has 0 unspecified atom stereocenters. The van der Waals surface area contributed by atoms with E-state index in [0.717, 1.165) is 10.5 Å². The van der Waals surface area contributed by atoms with Gasteiger partial charge in [-0.15, -0.1) is 23.1 Å². The Kier molecular flexibility index (Phi) is 10.8. The number of thiazole rings is 1. The number of amides is 3. The molecule has 0 aliphatic carbocycles. The van der Waals surface area contributed by atoms with E-state index in [0.29, 0.717) is 39.1 Å². The molecule has 0 fully saturated rings. The van der Waals surface area contributed by atoms with Crippen molar-refractivity contribution in [1.29, 1.82) is 0 Å². The lowest BCUT2D eigenvalue weighted by atomic mass is 10.1. The Hall–Kier alpha value is -5.46. The first-order chi connectivity index (χ1) is 22.4. The van der Waals surface area contributed by atoms with Crippen LogP contribution >= 0.6 is 23.1 Å². The standard InChI is InChI=1S/C34H29N5O5S2/c1-43-29-14-13-24(17-30(29)44-2)28-20-46-34(38-28)39-31(40)21-45-26-12-6-11-25(18-26)36-33(42)27(16-22-8-7-15-35-19-22)37-32(41)23-9-4-3-5-10-23/h3-20H,21H2,1-2H3,(H,36,42)(H,37,41)(H,38,39,40)/b27-16-. The summed E-state index contributed by atoms with van der Waals surface area (Å²) >= 11 is 2.63. The zero-order chi connectivity index (χ0) is 32.3. The zero-order valence-corrected chi connectivity index (χ0v) is 26.5. The van der Waals surface area contributed by atoms with Gasteiger partial charge in [-0.05, 0) is 66.2 Å². The van der Waals surface area contributed by atoms with E-state index in [-0.39, 0.29) is 17.4 Å². The van der Waals surface area contributed by atoms with Crippen molar-refractivity contribution in [3.05, 3.63) is 120 Å². The topological polar surface area (TPSA) is 132 Å². The average molecular weight is 652 g/mol. The van der Waals surface area contributed by atoms with Gasteiger partial charge in [0.1, 0.15) is 5.70 Å². The van der Waals surface area contributed by atoms with E-state index >= 15 is 0 Å². The molecule has 46 heavy (non-hydrogen) atoms. The first-order valence-electron chi connectivity index (χ1n) is 13.9. The second-order valence-electron chi connectivity index (χ2n) is 9.59. The maximum Gasteiger partial charge on any atom is 0.272 e. The number of rotatable bonds is 12. The molecule has 3 N–H and O–H groups in total. The zero-order valence-electron chi connectivity index (χ0n) is 24.9. The van der Waals surface area contributed by atoms with Crippen LogP contribution < -0.4 is 25.4 Å². The third-order valence-electron chi connectivity index (χ3n) is 6.42. The van der Waals surface area contributed by atoms with E-state index in [1.54, 1.807) is 99.4 Å². The Bertz CT molecular complexity index is 1860. The van der Waals surface area contributed by atoms with Crippen molar-refractivity contribution >= 4 is 57.7 Å². The highest BCUT2D eigenvalue weighted by Gasteiger charge is 2.16. The molecular formula is C34H29N5O5S2. The Morgan fingerprint density at radius 1 is 0.891 bits per heavy atom. The lowest BCUT2D eigenvalue weighted by molar-refractivity contribution is -0.114. The normalized spacial score (nSPS) is 11.0. The molecular weight excluding hydrogens is 623 g/mol. The van der Waals surface area contributed by atoms with Gasteiger partial charge in [-0.2, -0.15) is 0 Å². The van der Waals surface area contributed by atoms with Gasteiger partial charge in [0.15, 0.2) is 16.6 Å². The molecule has 0 radical (unpaired) electrons. The second kappa shape index (κ2) is 15.5. The van der Waals surface area contributed by atoms with Crippen LogP contribution in [0.25, 0.3) is 17.3 Å². The highest BCUT2D eigenvalue weighted by molar-refractivity contribution is 8.00. The molecule has 2 aromatic heterocycles. The molecule has 12 heteroatoms. The van der Waals surface area contributed by atoms with Crippen LogP contribution in [0.1, 0.15) is 15.9 Å². The molecule has 0 saturated heterocycles. The molecule has 0 saturated carbocycles. The minimum absolute atomic E-state index is 0.0511. The molecule has 0 spiro atoms. The summed E-state index contributed by atoms with van der Waals surface area (Å²) < 4.78 is 10.7. The number of nitrogens with one attached hydrogen (secondary N) is 3. The highest BCUT2D eigenvalue weighted by Crippen LogP contribution is 2.33. The summed E-state index contributed by atoms with van der Waals surface area (Å²) in [6.45, 7) is 0. The van der Waals surface area contributed by atoms with Crippen LogP contribution in [0.4, 0.5) is 10.8 Å². The summed E-state index contributed by atoms with van der Waals surface area (Å²) in [6.07, 6.45) is 4.77. The fraction of sp³-hybridized carbons (Fsp3) is 0.0882. The van der Waals surface area contributed by atoms with Crippen LogP contribution in [-0.4, -0.2) is 47.7 Å². The summed E-state index contributed by atoms with van der Waals surface area (Å²) in [7, 11) is 3.14. The number of carbonyl (C=O) groups excluding carboxylic acids is 3. The Labute approximate surface area is 273 Å². The van der Waals surface area contributed by atoms with Gasteiger partial charge in [0.25, 0.3) is 11.8 Å². The third kappa shape index (κ3) is 8.58. The first kappa shape index (κ1) is 31.9. The highest BCUT2D eigenvalue weighted by atomic mass is 32.2. The number of anilines is 2. The minimum Gasteiger partial charge on any atom is -0.493 e. The lowest BCUT2D eigenvalue weighted by Crippen LogP contribution is -2.30. The van der Waals surface area contributed by atoms with E-state index in [4.69, 9.17) is 9.47 Å². The number of thioether (sulfide) groups is 1. The molecule has 5 aromatic rings. The Morgan fingerprint density at radius 2 is 1.72 bits per heavy atom. The number of carbonyl (C=O) groups is 3. The molecule has 0 aliphatic rings. The second-order valence-corrected chi connectivity index (χ2v) is 11.5. The average Bonchev–Trinajstić information content (AvgIpc) is 3.56. The SMILES string of the molecule is COc1ccc(-c2csc(NC(=O)CSc3cccc(NC(=O)/C(=C/c4cccnc4)NC(=O)c4ccccc4)c3)n2)cc1OC. The molecule has 10 nitrogen and oxygen atoms in total. The van der Waals surface area contributed by atoms with Crippen molar-refractivity contribution in [2.24, 2.45) is 0 Å². The van der Waals surface area contributed by atoms with Gasteiger partial charge in [0, 0.05) is 39.5 Å². The van der Waals surface area contributed by atoms with Crippen molar-refractivity contribution < 1.29 is 23.9 Å². The van der Waals surface area contributed by atoms with Gasteiger partial charge < -0.3 is 25.4 Å². The Balaban J connectivity index is 1.20. The molecule has 0 aliphatic heterocycles. The summed E-state index contributed by atoms with van der Waals surface area (Å²) in [5.41, 5.74) is 3.15. The van der Waals surface area contributed by atoms with Crippen molar-refractivity contribution in [2.75, 3.05) is 30.6 Å². The quantitative estimate of drug-likeness (QED) is 0.105. The third-order valence-corrected chi connectivity index (χ3v) is 8.17. The molecule has 3 aromatic carbocycles. The fourth-order valence-electron chi connectivity index (χ4n) is 4.20. The molecule has 3 amide bonds. The number of nitrogens with zero attached hydrogens (tertiary/aromatic N) is 2. The maximum atomic E-state index is 13.3. The fourth-order valence-corrected chi connectivity index (χ4v) is 5.69. The maximum absolute atomic E-state index is 13.3. The van der Waals surface area contributed by atoms with E-state index in [1.807, 2.05) is 23.6 Å². The number of aromatic nitrogens is 2. The summed E-state index contributed by atoms with van der Waals surface area (Å²) in [4.78, 5) is 48.3. The summed E-state index contributed by atoms with van der Waals surface area (Å²) in [5, 5.41) is 10.7. The van der Waals surface area contributed by atoms with E-state index < -0.39 is 11.8 Å². The number of benzene rings is 3. The van der Waals surface area contributed by atoms with Crippen LogP contribution in [0.2, 0.25) is 0 Å². The number of hydrogen-bond donors (Lipinski definition) is 3.